The number of para-hydroxylation sites is 2. The molecular weight excluding hydrogens is 346 g/mol. The number of esters is 1. The van der Waals surface area contributed by atoms with E-state index < -0.39 is 12.1 Å². The Morgan fingerprint density at radius 2 is 1.85 bits per heavy atom. The number of fused-ring (bicyclic) bond motifs is 1. The topological polar surface area (TPSA) is 73.9 Å². The van der Waals surface area contributed by atoms with Gasteiger partial charge in [-0.2, -0.15) is 0 Å². The Balaban J connectivity index is 1.50. The van der Waals surface area contributed by atoms with Gasteiger partial charge in [0, 0.05) is 0 Å². The molecule has 0 spiro atoms. The van der Waals surface area contributed by atoms with Crippen molar-refractivity contribution in [2.45, 2.75) is 32.4 Å². The largest absolute Gasteiger partial charge is 0.485 e. The molecule has 2 aromatic rings. The molecule has 2 atom stereocenters. The molecule has 0 fully saturated rings. The molecule has 142 valence electrons. The second-order valence-corrected chi connectivity index (χ2v) is 6.41. The van der Waals surface area contributed by atoms with Crippen molar-refractivity contribution in [3.05, 3.63) is 59.7 Å². The summed E-state index contributed by atoms with van der Waals surface area (Å²) >= 11 is 0. The van der Waals surface area contributed by atoms with Crippen LogP contribution >= 0.6 is 0 Å². The SMILES string of the molecule is CC[C@H](NC(=O)COC(=O)[C@@H]1COc2ccccc2O1)c1ccc(C)cc1. The molecule has 6 nitrogen and oxygen atoms in total. The van der Waals surface area contributed by atoms with Gasteiger partial charge in [-0.3, -0.25) is 4.79 Å². The standard InChI is InChI=1S/C21H23NO5/c1-3-16(15-10-8-14(2)9-11-15)22-20(23)13-26-21(24)19-12-25-17-6-4-5-7-18(17)27-19/h4-11,16,19H,3,12-13H2,1-2H3,(H,22,23)/t16-,19-/m0/s1. The maximum Gasteiger partial charge on any atom is 0.351 e. The Hall–Kier alpha value is -3.02. The fourth-order valence-electron chi connectivity index (χ4n) is 2.82. The van der Waals surface area contributed by atoms with Crippen molar-refractivity contribution < 1.29 is 23.8 Å². The maximum absolute atomic E-state index is 12.2. The Kier molecular flexibility index (Phi) is 5.96. The molecule has 0 aromatic heterocycles. The van der Waals surface area contributed by atoms with Gasteiger partial charge in [0.1, 0.15) is 6.61 Å². The highest BCUT2D eigenvalue weighted by Crippen LogP contribution is 2.31. The maximum atomic E-state index is 12.2. The van der Waals surface area contributed by atoms with Crippen molar-refractivity contribution in [1.29, 1.82) is 0 Å². The van der Waals surface area contributed by atoms with Crippen molar-refractivity contribution in [2.75, 3.05) is 13.2 Å². The lowest BCUT2D eigenvalue weighted by Crippen LogP contribution is -2.40. The van der Waals surface area contributed by atoms with Crippen molar-refractivity contribution >= 4 is 11.9 Å². The van der Waals surface area contributed by atoms with Crippen molar-refractivity contribution in [1.82, 2.24) is 5.32 Å². The van der Waals surface area contributed by atoms with Gasteiger partial charge in [0.15, 0.2) is 18.1 Å². The fourth-order valence-corrected chi connectivity index (χ4v) is 2.82. The van der Waals surface area contributed by atoms with Gasteiger partial charge < -0.3 is 19.5 Å². The highest BCUT2D eigenvalue weighted by Gasteiger charge is 2.29. The summed E-state index contributed by atoms with van der Waals surface area (Å²) in [6.07, 6.45) is -0.147. The summed E-state index contributed by atoms with van der Waals surface area (Å²) in [7, 11) is 0. The monoisotopic (exact) mass is 369 g/mol. The van der Waals surface area contributed by atoms with E-state index in [1.54, 1.807) is 18.2 Å². The second kappa shape index (κ2) is 8.58. The van der Waals surface area contributed by atoms with E-state index >= 15 is 0 Å². The predicted octanol–water partition coefficient (Wildman–Crippen LogP) is 2.95. The van der Waals surface area contributed by atoms with E-state index in [0.717, 1.165) is 17.5 Å². The zero-order chi connectivity index (χ0) is 19.2. The minimum atomic E-state index is -0.883. The number of amides is 1. The van der Waals surface area contributed by atoms with Gasteiger partial charge >= 0.3 is 5.97 Å². The van der Waals surface area contributed by atoms with Crippen molar-refractivity contribution in [2.24, 2.45) is 0 Å². The molecule has 0 saturated carbocycles. The molecule has 1 aliphatic heterocycles. The summed E-state index contributed by atoms with van der Waals surface area (Å²) in [5, 5.41) is 2.89. The van der Waals surface area contributed by atoms with E-state index in [-0.39, 0.29) is 25.2 Å². The van der Waals surface area contributed by atoms with Crippen LogP contribution < -0.4 is 14.8 Å². The Labute approximate surface area is 158 Å². The highest BCUT2D eigenvalue weighted by atomic mass is 16.6. The zero-order valence-electron chi connectivity index (χ0n) is 15.4. The van der Waals surface area contributed by atoms with Crippen LogP contribution in [0, 0.1) is 6.92 Å². The van der Waals surface area contributed by atoms with E-state index in [1.807, 2.05) is 44.2 Å². The smallest absolute Gasteiger partial charge is 0.351 e. The molecule has 2 aromatic carbocycles. The molecule has 1 N–H and O–H groups in total. The molecule has 0 aliphatic carbocycles. The van der Waals surface area contributed by atoms with Crippen LogP contribution in [0.25, 0.3) is 0 Å². The molecule has 0 saturated heterocycles. The third-order valence-corrected chi connectivity index (χ3v) is 4.34. The summed E-state index contributed by atoms with van der Waals surface area (Å²) in [4.78, 5) is 24.3. The van der Waals surface area contributed by atoms with E-state index in [0.29, 0.717) is 11.5 Å². The second-order valence-electron chi connectivity index (χ2n) is 6.41. The van der Waals surface area contributed by atoms with Crippen LogP contribution in [-0.4, -0.2) is 31.2 Å². The molecule has 1 amide bonds. The summed E-state index contributed by atoms with van der Waals surface area (Å²) in [5.41, 5.74) is 2.17. The highest BCUT2D eigenvalue weighted by molar-refractivity contribution is 5.82. The first-order valence-electron chi connectivity index (χ1n) is 8.98. The lowest BCUT2D eigenvalue weighted by atomic mass is 10.0. The number of aryl methyl sites for hydroxylation is 1. The fraction of sp³-hybridized carbons (Fsp3) is 0.333. The van der Waals surface area contributed by atoms with Gasteiger partial charge in [-0.15, -0.1) is 0 Å². The normalized spacial score (nSPS) is 16.3. The van der Waals surface area contributed by atoms with Gasteiger partial charge in [-0.25, -0.2) is 4.79 Å². The first-order valence-corrected chi connectivity index (χ1v) is 8.98. The number of carbonyl (C=O) groups excluding carboxylic acids is 2. The summed E-state index contributed by atoms with van der Waals surface area (Å²) in [6.45, 7) is 3.70. The van der Waals surface area contributed by atoms with E-state index in [2.05, 4.69) is 5.32 Å². The number of nitrogens with one attached hydrogen (secondary N) is 1. The van der Waals surface area contributed by atoms with Crippen LogP contribution in [0.3, 0.4) is 0 Å². The van der Waals surface area contributed by atoms with Gasteiger partial charge in [-0.1, -0.05) is 48.9 Å². The van der Waals surface area contributed by atoms with Gasteiger partial charge in [-0.05, 0) is 31.0 Å². The zero-order valence-corrected chi connectivity index (χ0v) is 15.4. The van der Waals surface area contributed by atoms with Crippen LogP contribution in [0.5, 0.6) is 11.5 Å². The summed E-state index contributed by atoms with van der Waals surface area (Å²) < 4.78 is 16.2. The number of hydrogen-bond acceptors (Lipinski definition) is 5. The lowest BCUT2D eigenvalue weighted by molar-refractivity contribution is -0.157. The first-order chi connectivity index (χ1) is 13.1. The van der Waals surface area contributed by atoms with Gasteiger partial charge in [0.05, 0.1) is 6.04 Å². The van der Waals surface area contributed by atoms with E-state index in [1.165, 1.54) is 0 Å². The number of ether oxygens (including phenoxy) is 3. The Morgan fingerprint density at radius 1 is 1.15 bits per heavy atom. The minimum absolute atomic E-state index is 0.0540. The predicted molar refractivity (Wildman–Crippen MR) is 99.7 cm³/mol. The molecular formula is C21H23NO5. The van der Waals surface area contributed by atoms with Gasteiger partial charge in [0.2, 0.25) is 6.10 Å². The van der Waals surface area contributed by atoms with E-state index in [4.69, 9.17) is 14.2 Å². The molecule has 6 heteroatoms. The number of carbonyl (C=O) groups is 2. The Morgan fingerprint density at radius 3 is 2.56 bits per heavy atom. The van der Waals surface area contributed by atoms with Crippen LogP contribution in [0.4, 0.5) is 0 Å². The quantitative estimate of drug-likeness (QED) is 0.793. The first kappa shape index (κ1) is 18.8. The average molecular weight is 369 g/mol. The Bertz CT molecular complexity index is 802. The molecule has 1 heterocycles. The molecule has 27 heavy (non-hydrogen) atoms. The summed E-state index contributed by atoms with van der Waals surface area (Å²) in [6, 6.07) is 14.9. The van der Waals surface area contributed by atoms with Crippen LogP contribution in [0.2, 0.25) is 0 Å². The van der Waals surface area contributed by atoms with Crippen molar-refractivity contribution in [3.8, 4) is 11.5 Å². The molecule has 1 aliphatic rings. The van der Waals surface area contributed by atoms with Crippen LogP contribution in [0.15, 0.2) is 48.5 Å². The van der Waals surface area contributed by atoms with E-state index in [9.17, 15) is 9.59 Å². The summed E-state index contributed by atoms with van der Waals surface area (Å²) in [5.74, 6) is 0.0969. The number of benzene rings is 2. The van der Waals surface area contributed by atoms with Crippen LogP contribution in [0.1, 0.15) is 30.5 Å². The molecule has 0 radical (unpaired) electrons. The third-order valence-electron chi connectivity index (χ3n) is 4.34. The minimum Gasteiger partial charge on any atom is -0.485 e. The number of rotatable bonds is 6. The van der Waals surface area contributed by atoms with Crippen molar-refractivity contribution in [3.63, 3.8) is 0 Å². The average Bonchev–Trinajstić information content (AvgIpc) is 2.70. The lowest BCUT2D eigenvalue weighted by Gasteiger charge is -2.25. The number of hydrogen-bond donors (Lipinski definition) is 1. The third kappa shape index (κ3) is 4.78. The van der Waals surface area contributed by atoms with Gasteiger partial charge in [0.25, 0.3) is 5.91 Å². The molecule has 0 unspecified atom stereocenters. The van der Waals surface area contributed by atoms with Crippen LogP contribution in [-0.2, 0) is 14.3 Å². The molecule has 3 rings (SSSR count). The molecule has 0 bridgehead atoms.